The van der Waals surface area contributed by atoms with E-state index in [2.05, 4.69) is 18.7 Å². The van der Waals surface area contributed by atoms with Gasteiger partial charge in [0.1, 0.15) is 11.7 Å². The van der Waals surface area contributed by atoms with Gasteiger partial charge in [-0.15, -0.1) is 0 Å². The smallest absolute Gasteiger partial charge is 0.418 e. The van der Waals surface area contributed by atoms with Gasteiger partial charge in [-0.1, -0.05) is 49.1 Å². The van der Waals surface area contributed by atoms with Crippen LogP contribution in [-0.4, -0.2) is 39.2 Å². The summed E-state index contributed by atoms with van der Waals surface area (Å²) in [5.41, 5.74) is 2.67. The van der Waals surface area contributed by atoms with Crippen LogP contribution < -0.4 is 0 Å². The number of esters is 1. The first kappa shape index (κ1) is 29.2. The Balaban J connectivity index is 1.37. The van der Waals surface area contributed by atoms with Gasteiger partial charge >= 0.3 is 12.1 Å². The minimum atomic E-state index is -0.508. The number of aromatic nitrogens is 1. The average molecular weight is 531 g/mol. The molecule has 0 radical (unpaired) electrons. The lowest BCUT2D eigenvalue weighted by molar-refractivity contribution is -0.148. The molecule has 7 heteroatoms. The number of carbonyl (C=O) groups is 2. The van der Waals surface area contributed by atoms with Crippen molar-refractivity contribution in [3.8, 4) is 0 Å². The van der Waals surface area contributed by atoms with Crippen LogP contribution in [0.15, 0.2) is 36.5 Å². The topological polar surface area (TPSA) is 60.8 Å². The third-order valence-electron chi connectivity index (χ3n) is 7.08. The first-order chi connectivity index (χ1) is 17.4. The minimum Gasteiger partial charge on any atom is -0.458 e. The van der Waals surface area contributed by atoms with E-state index in [9.17, 15) is 9.59 Å². The van der Waals surface area contributed by atoms with Gasteiger partial charge in [-0.05, 0) is 72.1 Å². The van der Waals surface area contributed by atoms with Crippen LogP contribution in [0.2, 0.25) is 5.02 Å². The third-order valence-corrected chi connectivity index (χ3v) is 7.43. The normalized spacial score (nSPS) is 15.2. The molecule has 6 nitrogen and oxygen atoms in total. The van der Waals surface area contributed by atoms with Gasteiger partial charge < -0.3 is 9.47 Å². The number of carbonyl (C=O) groups excluding carboxylic acids is 2. The number of halogens is 1. The van der Waals surface area contributed by atoms with Gasteiger partial charge in [-0.2, -0.15) is 0 Å². The van der Waals surface area contributed by atoms with E-state index in [-0.39, 0.29) is 23.7 Å². The molecule has 1 atom stereocenters. The maximum Gasteiger partial charge on any atom is 0.418 e. The van der Waals surface area contributed by atoms with Gasteiger partial charge in [0.15, 0.2) is 0 Å². The molecule has 0 amide bonds. The van der Waals surface area contributed by atoms with E-state index in [1.165, 1.54) is 5.56 Å². The standard InChI is InChI=1S/C30H43ClN2O4/c1-22(24-13-10-11-14-25(24)31)36-27(34)15-9-7-8-12-18-30(5,6)32-19-17-26-23(21-32)16-20-33(26)28(35)37-29(2,3)4/h10-11,13-14,16,20,22H,7-9,12,15,17-19,21H2,1-6H3. The number of rotatable bonds is 10. The molecule has 0 saturated heterocycles. The van der Waals surface area contributed by atoms with Crippen LogP contribution in [0, 0.1) is 0 Å². The summed E-state index contributed by atoms with van der Waals surface area (Å²) in [6.45, 7) is 13.9. The molecule has 3 rings (SSSR count). The van der Waals surface area contributed by atoms with Crippen molar-refractivity contribution in [2.45, 2.75) is 110 Å². The molecule has 0 aliphatic carbocycles. The molecule has 0 bridgehead atoms. The Morgan fingerprint density at radius 1 is 1.03 bits per heavy atom. The fraction of sp³-hybridized carbons (Fsp3) is 0.600. The number of hydrogen-bond acceptors (Lipinski definition) is 5. The predicted molar refractivity (Wildman–Crippen MR) is 148 cm³/mol. The van der Waals surface area contributed by atoms with Crippen molar-refractivity contribution in [2.75, 3.05) is 6.54 Å². The van der Waals surface area contributed by atoms with E-state index >= 15 is 0 Å². The number of benzene rings is 1. The molecule has 1 unspecified atom stereocenters. The van der Waals surface area contributed by atoms with Crippen LogP contribution >= 0.6 is 11.6 Å². The van der Waals surface area contributed by atoms with Gasteiger partial charge in [0, 0.05) is 53.9 Å². The first-order valence-electron chi connectivity index (χ1n) is 13.5. The maximum atomic E-state index is 12.6. The average Bonchev–Trinajstić information content (AvgIpc) is 3.24. The van der Waals surface area contributed by atoms with Crippen LogP contribution in [0.1, 0.15) is 103 Å². The predicted octanol–water partition coefficient (Wildman–Crippen LogP) is 7.71. The van der Waals surface area contributed by atoms with Gasteiger partial charge in [0.25, 0.3) is 0 Å². The van der Waals surface area contributed by atoms with E-state index in [1.807, 2.05) is 64.2 Å². The molecule has 1 aromatic heterocycles. The van der Waals surface area contributed by atoms with Crippen LogP contribution in [0.5, 0.6) is 0 Å². The fourth-order valence-corrected chi connectivity index (χ4v) is 5.21. The molecular weight excluding hydrogens is 488 g/mol. The fourth-order valence-electron chi connectivity index (χ4n) is 4.92. The van der Waals surface area contributed by atoms with Gasteiger partial charge in [0.05, 0.1) is 0 Å². The largest absolute Gasteiger partial charge is 0.458 e. The summed E-state index contributed by atoms with van der Waals surface area (Å²) in [6, 6.07) is 9.52. The van der Waals surface area contributed by atoms with Gasteiger partial charge in [0.2, 0.25) is 0 Å². The van der Waals surface area contributed by atoms with Crippen LogP contribution in [0.4, 0.5) is 4.79 Å². The molecule has 0 spiro atoms. The van der Waals surface area contributed by atoms with Crippen molar-refractivity contribution in [3.05, 3.63) is 58.4 Å². The second-order valence-electron chi connectivity index (χ2n) is 11.7. The molecule has 1 aliphatic heterocycles. The van der Waals surface area contributed by atoms with Crippen LogP contribution in [0.25, 0.3) is 0 Å². The lowest BCUT2D eigenvalue weighted by Gasteiger charge is -2.41. The van der Waals surface area contributed by atoms with E-state index in [4.69, 9.17) is 21.1 Å². The summed E-state index contributed by atoms with van der Waals surface area (Å²) >= 11 is 6.20. The number of nitrogens with zero attached hydrogens (tertiary/aromatic N) is 2. The van der Waals surface area contributed by atoms with Crippen molar-refractivity contribution in [1.29, 1.82) is 0 Å². The van der Waals surface area contributed by atoms with Gasteiger partial charge in [-0.25, -0.2) is 4.79 Å². The SMILES string of the molecule is CC(OC(=O)CCCCCCC(C)(C)N1CCc2c(ccn2C(=O)OC(C)(C)C)C1)c1ccccc1Cl. The van der Waals surface area contributed by atoms with E-state index < -0.39 is 5.60 Å². The van der Waals surface area contributed by atoms with E-state index in [0.717, 1.165) is 62.9 Å². The van der Waals surface area contributed by atoms with E-state index in [1.54, 1.807) is 4.57 Å². The zero-order valence-electron chi connectivity index (χ0n) is 23.3. The molecule has 2 aromatic rings. The second kappa shape index (κ2) is 12.5. The molecule has 37 heavy (non-hydrogen) atoms. The van der Waals surface area contributed by atoms with Crippen molar-refractivity contribution >= 4 is 23.7 Å². The Labute approximate surface area is 227 Å². The van der Waals surface area contributed by atoms with Crippen LogP contribution in [-0.2, 0) is 27.2 Å². The van der Waals surface area contributed by atoms with E-state index in [0.29, 0.717) is 11.4 Å². The molecule has 1 aromatic carbocycles. The molecule has 0 N–H and O–H groups in total. The second-order valence-corrected chi connectivity index (χ2v) is 12.1. The molecular formula is C30H43ClN2O4. The first-order valence-corrected chi connectivity index (χ1v) is 13.9. The Bertz CT molecular complexity index is 1070. The Morgan fingerprint density at radius 3 is 2.43 bits per heavy atom. The maximum absolute atomic E-state index is 12.6. The zero-order valence-corrected chi connectivity index (χ0v) is 24.1. The highest BCUT2D eigenvalue weighted by Gasteiger charge is 2.32. The highest BCUT2D eigenvalue weighted by Crippen LogP contribution is 2.30. The highest BCUT2D eigenvalue weighted by atomic mass is 35.5. The molecule has 2 heterocycles. The van der Waals surface area contributed by atoms with Crippen molar-refractivity contribution in [2.24, 2.45) is 0 Å². The Hall–Kier alpha value is -2.31. The van der Waals surface area contributed by atoms with Gasteiger partial charge in [-0.3, -0.25) is 14.3 Å². The summed E-state index contributed by atoms with van der Waals surface area (Å²) in [6.07, 6.45) is 7.59. The summed E-state index contributed by atoms with van der Waals surface area (Å²) in [7, 11) is 0. The summed E-state index contributed by atoms with van der Waals surface area (Å²) < 4.78 is 12.8. The molecule has 0 saturated carbocycles. The Kier molecular flexibility index (Phi) is 9.87. The molecule has 204 valence electrons. The zero-order chi connectivity index (χ0) is 27.2. The monoisotopic (exact) mass is 530 g/mol. The van der Waals surface area contributed by atoms with Crippen molar-refractivity contribution in [3.63, 3.8) is 0 Å². The number of fused-ring (bicyclic) bond motifs is 1. The third kappa shape index (κ3) is 8.34. The van der Waals surface area contributed by atoms with Crippen LogP contribution in [0.3, 0.4) is 0 Å². The quantitative estimate of drug-likeness (QED) is 0.232. The molecule has 1 aliphatic rings. The number of ether oxygens (including phenoxy) is 2. The van der Waals surface area contributed by atoms with Crippen molar-refractivity contribution in [1.82, 2.24) is 9.47 Å². The Morgan fingerprint density at radius 2 is 1.73 bits per heavy atom. The summed E-state index contributed by atoms with van der Waals surface area (Å²) in [5, 5.41) is 0.621. The van der Waals surface area contributed by atoms with Crippen molar-refractivity contribution < 1.29 is 19.1 Å². The number of unbranched alkanes of at least 4 members (excludes halogenated alkanes) is 3. The highest BCUT2D eigenvalue weighted by molar-refractivity contribution is 6.31. The minimum absolute atomic E-state index is 0.0645. The summed E-state index contributed by atoms with van der Waals surface area (Å²) in [5.74, 6) is -0.171. The summed E-state index contributed by atoms with van der Waals surface area (Å²) in [4.78, 5) is 27.3. The number of hydrogen-bond donors (Lipinski definition) is 0. The molecule has 0 fully saturated rings. The lowest BCUT2D eigenvalue weighted by Crippen LogP contribution is -2.46. The lowest BCUT2D eigenvalue weighted by atomic mass is 9.91.